The molecule has 0 saturated heterocycles. The number of carbonyl (C=O) groups is 1. The van der Waals surface area contributed by atoms with E-state index in [9.17, 15) is 4.79 Å². The Morgan fingerprint density at radius 1 is 1.54 bits per heavy atom. The molecule has 0 N–H and O–H groups in total. The third-order valence-electron chi connectivity index (χ3n) is 2.02. The molecule has 0 amide bonds. The fourth-order valence-corrected chi connectivity index (χ4v) is 1.17. The van der Waals surface area contributed by atoms with Crippen LogP contribution in [-0.4, -0.2) is 20.5 Å². The zero-order valence-electron chi connectivity index (χ0n) is 8.16. The van der Waals surface area contributed by atoms with Crippen LogP contribution in [0.3, 0.4) is 0 Å². The van der Waals surface area contributed by atoms with E-state index >= 15 is 0 Å². The van der Waals surface area contributed by atoms with Crippen molar-refractivity contribution >= 4 is 5.78 Å². The quantitative estimate of drug-likeness (QED) is 0.686. The summed E-state index contributed by atoms with van der Waals surface area (Å²) < 4.78 is 1.82. The molecule has 1 rings (SSSR count). The van der Waals surface area contributed by atoms with E-state index in [0.29, 0.717) is 19.3 Å². The Balaban J connectivity index is 2.49. The SMILES string of the molecule is CCC(=O)CCc1ncnn1CC. The number of Topliss-reactive ketones (excluding diaryl/α,β-unsaturated/α-hetero) is 1. The minimum Gasteiger partial charge on any atom is -0.300 e. The summed E-state index contributed by atoms with van der Waals surface area (Å²) >= 11 is 0. The highest BCUT2D eigenvalue weighted by Crippen LogP contribution is 2.00. The number of aromatic nitrogens is 3. The lowest BCUT2D eigenvalue weighted by Crippen LogP contribution is -2.06. The van der Waals surface area contributed by atoms with Crippen LogP contribution < -0.4 is 0 Å². The molecular weight excluding hydrogens is 166 g/mol. The van der Waals surface area contributed by atoms with E-state index < -0.39 is 0 Å². The summed E-state index contributed by atoms with van der Waals surface area (Å²) in [5, 5.41) is 4.03. The Morgan fingerprint density at radius 2 is 2.31 bits per heavy atom. The van der Waals surface area contributed by atoms with Crippen LogP contribution in [0.1, 0.15) is 32.5 Å². The lowest BCUT2D eigenvalue weighted by Gasteiger charge is -2.00. The first kappa shape index (κ1) is 9.89. The van der Waals surface area contributed by atoms with Crippen molar-refractivity contribution in [3.05, 3.63) is 12.2 Å². The van der Waals surface area contributed by atoms with Gasteiger partial charge in [-0.1, -0.05) is 6.92 Å². The van der Waals surface area contributed by atoms with Crippen LogP contribution in [0.15, 0.2) is 6.33 Å². The molecule has 1 aromatic heterocycles. The van der Waals surface area contributed by atoms with Crippen molar-refractivity contribution in [3.8, 4) is 0 Å². The topological polar surface area (TPSA) is 47.8 Å². The van der Waals surface area contributed by atoms with Crippen molar-refractivity contribution in [2.45, 2.75) is 39.7 Å². The van der Waals surface area contributed by atoms with Gasteiger partial charge in [0.25, 0.3) is 0 Å². The summed E-state index contributed by atoms with van der Waals surface area (Å²) in [6.45, 7) is 4.71. The molecule has 0 saturated carbocycles. The molecule has 0 aliphatic rings. The van der Waals surface area contributed by atoms with Crippen LogP contribution in [0, 0.1) is 0 Å². The molecule has 0 aliphatic carbocycles. The second-order valence-electron chi connectivity index (χ2n) is 2.88. The lowest BCUT2D eigenvalue weighted by molar-refractivity contribution is -0.118. The predicted octanol–water partition coefficient (Wildman–Crippen LogP) is 1.21. The molecule has 1 aromatic rings. The standard InChI is InChI=1S/C9H15N3O/c1-3-8(13)5-6-9-10-7-11-12(9)4-2/h7H,3-6H2,1-2H3. The largest absolute Gasteiger partial charge is 0.300 e. The maximum atomic E-state index is 11.0. The summed E-state index contributed by atoms with van der Waals surface area (Å²) in [5.74, 6) is 1.19. The van der Waals surface area contributed by atoms with Gasteiger partial charge in [-0.05, 0) is 6.92 Å². The summed E-state index contributed by atoms with van der Waals surface area (Å²) in [5.41, 5.74) is 0. The molecule has 0 spiro atoms. The van der Waals surface area contributed by atoms with Crippen LogP contribution in [0.25, 0.3) is 0 Å². The molecule has 0 unspecified atom stereocenters. The van der Waals surface area contributed by atoms with Gasteiger partial charge in [-0.3, -0.25) is 9.48 Å². The normalized spacial score (nSPS) is 10.3. The number of ketones is 1. The van der Waals surface area contributed by atoms with E-state index in [0.717, 1.165) is 12.4 Å². The summed E-state index contributed by atoms with van der Waals surface area (Å²) in [6, 6.07) is 0. The zero-order chi connectivity index (χ0) is 9.68. The van der Waals surface area contributed by atoms with Gasteiger partial charge in [0.2, 0.25) is 0 Å². The molecule has 0 fully saturated rings. The van der Waals surface area contributed by atoms with Crippen molar-refractivity contribution in [2.24, 2.45) is 0 Å². The van der Waals surface area contributed by atoms with E-state index in [1.807, 2.05) is 18.5 Å². The van der Waals surface area contributed by atoms with Crippen molar-refractivity contribution in [1.29, 1.82) is 0 Å². The van der Waals surface area contributed by atoms with Crippen molar-refractivity contribution in [2.75, 3.05) is 0 Å². The smallest absolute Gasteiger partial charge is 0.138 e. The Labute approximate surface area is 78.0 Å². The molecule has 72 valence electrons. The van der Waals surface area contributed by atoms with E-state index in [1.54, 1.807) is 0 Å². The molecule has 4 nitrogen and oxygen atoms in total. The number of hydrogen-bond acceptors (Lipinski definition) is 3. The molecule has 13 heavy (non-hydrogen) atoms. The minimum absolute atomic E-state index is 0.283. The van der Waals surface area contributed by atoms with E-state index in [4.69, 9.17) is 0 Å². The number of carbonyl (C=O) groups excluding carboxylic acids is 1. The van der Waals surface area contributed by atoms with Gasteiger partial charge in [0, 0.05) is 25.8 Å². The third kappa shape index (κ3) is 2.65. The van der Waals surface area contributed by atoms with Crippen LogP contribution >= 0.6 is 0 Å². The van der Waals surface area contributed by atoms with E-state index in [1.165, 1.54) is 6.33 Å². The Hall–Kier alpha value is -1.19. The predicted molar refractivity (Wildman–Crippen MR) is 49.3 cm³/mol. The number of hydrogen-bond donors (Lipinski definition) is 0. The first-order chi connectivity index (χ1) is 6.27. The first-order valence-corrected chi connectivity index (χ1v) is 4.66. The highest BCUT2D eigenvalue weighted by Gasteiger charge is 2.04. The Morgan fingerprint density at radius 3 is 2.92 bits per heavy atom. The number of nitrogens with zero attached hydrogens (tertiary/aromatic N) is 3. The molecule has 0 atom stereocenters. The van der Waals surface area contributed by atoms with Crippen LogP contribution in [0.5, 0.6) is 0 Å². The van der Waals surface area contributed by atoms with Gasteiger partial charge >= 0.3 is 0 Å². The van der Waals surface area contributed by atoms with Crippen LogP contribution in [0.2, 0.25) is 0 Å². The summed E-state index contributed by atoms with van der Waals surface area (Å²) in [7, 11) is 0. The average molecular weight is 181 g/mol. The molecule has 0 aliphatic heterocycles. The van der Waals surface area contributed by atoms with Crippen LogP contribution in [0.4, 0.5) is 0 Å². The number of rotatable bonds is 5. The summed E-state index contributed by atoms with van der Waals surface area (Å²) in [6.07, 6.45) is 3.44. The molecule has 1 heterocycles. The van der Waals surface area contributed by atoms with E-state index in [-0.39, 0.29) is 5.78 Å². The fourth-order valence-electron chi connectivity index (χ4n) is 1.17. The fraction of sp³-hybridized carbons (Fsp3) is 0.667. The highest BCUT2D eigenvalue weighted by atomic mass is 16.1. The number of aryl methyl sites for hydroxylation is 2. The minimum atomic E-state index is 0.283. The van der Waals surface area contributed by atoms with E-state index in [2.05, 4.69) is 10.1 Å². The maximum Gasteiger partial charge on any atom is 0.138 e. The van der Waals surface area contributed by atoms with Gasteiger partial charge in [0.05, 0.1) is 0 Å². The molecule has 0 radical (unpaired) electrons. The molecular formula is C9H15N3O. The zero-order valence-corrected chi connectivity index (χ0v) is 8.16. The summed E-state index contributed by atoms with van der Waals surface area (Å²) in [4.78, 5) is 15.1. The van der Waals surface area contributed by atoms with Gasteiger partial charge < -0.3 is 0 Å². The lowest BCUT2D eigenvalue weighted by atomic mass is 10.2. The first-order valence-electron chi connectivity index (χ1n) is 4.66. The highest BCUT2D eigenvalue weighted by molar-refractivity contribution is 5.78. The molecule has 0 aromatic carbocycles. The average Bonchev–Trinajstić information content (AvgIpc) is 2.61. The third-order valence-corrected chi connectivity index (χ3v) is 2.02. The van der Waals surface area contributed by atoms with Gasteiger partial charge in [-0.25, -0.2) is 4.98 Å². The van der Waals surface area contributed by atoms with Crippen molar-refractivity contribution in [3.63, 3.8) is 0 Å². The second kappa shape index (κ2) is 4.74. The van der Waals surface area contributed by atoms with Crippen molar-refractivity contribution in [1.82, 2.24) is 14.8 Å². The van der Waals surface area contributed by atoms with Crippen LogP contribution in [-0.2, 0) is 17.8 Å². The molecule has 0 bridgehead atoms. The van der Waals surface area contributed by atoms with Gasteiger partial charge in [-0.15, -0.1) is 0 Å². The maximum absolute atomic E-state index is 11.0. The van der Waals surface area contributed by atoms with Gasteiger partial charge in [-0.2, -0.15) is 5.10 Å². The Bertz CT molecular complexity index is 280. The second-order valence-corrected chi connectivity index (χ2v) is 2.88. The van der Waals surface area contributed by atoms with Gasteiger partial charge in [0.1, 0.15) is 17.9 Å². The Kier molecular flexibility index (Phi) is 3.61. The van der Waals surface area contributed by atoms with Crippen molar-refractivity contribution < 1.29 is 4.79 Å². The van der Waals surface area contributed by atoms with Gasteiger partial charge in [0.15, 0.2) is 0 Å². The molecule has 4 heteroatoms. The monoisotopic (exact) mass is 181 g/mol.